The van der Waals surface area contributed by atoms with Crippen LogP contribution < -0.4 is 5.32 Å². The van der Waals surface area contributed by atoms with Gasteiger partial charge in [-0.2, -0.15) is 0 Å². The van der Waals surface area contributed by atoms with Crippen molar-refractivity contribution in [1.82, 2.24) is 19.8 Å². The number of aromatic nitrogens is 2. The third-order valence-corrected chi connectivity index (χ3v) is 4.70. The molecule has 0 spiro atoms. The van der Waals surface area contributed by atoms with Gasteiger partial charge in [-0.25, -0.2) is 4.98 Å². The lowest BCUT2D eigenvalue weighted by atomic mass is 9.82. The predicted molar refractivity (Wildman–Crippen MR) is 80.6 cm³/mol. The van der Waals surface area contributed by atoms with Crippen LogP contribution in [0.2, 0.25) is 0 Å². The number of rotatable bonds is 3. The van der Waals surface area contributed by atoms with Crippen LogP contribution in [0.5, 0.6) is 0 Å². The third kappa shape index (κ3) is 2.97. The van der Waals surface area contributed by atoms with Crippen molar-refractivity contribution < 1.29 is 0 Å². The molecule has 1 saturated heterocycles. The second-order valence-electron chi connectivity index (χ2n) is 5.98. The molecule has 2 atom stereocenters. The highest BCUT2D eigenvalue weighted by Crippen LogP contribution is 2.35. The smallest absolute Gasteiger partial charge is 0.193 e. The molecule has 0 amide bonds. The first-order valence-corrected chi connectivity index (χ1v) is 7.78. The van der Waals surface area contributed by atoms with Crippen molar-refractivity contribution in [2.45, 2.75) is 32.2 Å². The minimum Gasteiger partial charge on any atom is -0.354 e. The first-order chi connectivity index (χ1) is 9.86. The average Bonchev–Trinajstić information content (AvgIpc) is 3.12. The van der Waals surface area contributed by atoms with Crippen LogP contribution in [0.1, 0.15) is 25.7 Å². The Hall–Kier alpha value is -1.52. The molecule has 2 unspecified atom stereocenters. The van der Waals surface area contributed by atoms with E-state index in [-0.39, 0.29) is 0 Å². The van der Waals surface area contributed by atoms with Crippen LogP contribution >= 0.6 is 0 Å². The van der Waals surface area contributed by atoms with Gasteiger partial charge in [0.25, 0.3) is 0 Å². The molecule has 2 heterocycles. The van der Waals surface area contributed by atoms with Crippen LogP contribution in [0.4, 0.5) is 0 Å². The van der Waals surface area contributed by atoms with Crippen LogP contribution in [0.25, 0.3) is 0 Å². The van der Waals surface area contributed by atoms with Crippen LogP contribution in [-0.2, 0) is 6.54 Å². The van der Waals surface area contributed by atoms with Crippen molar-refractivity contribution in [2.75, 3.05) is 26.7 Å². The van der Waals surface area contributed by atoms with Gasteiger partial charge in [0.05, 0.1) is 6.33 Å². The van der Waals surface area contributed by atoms with E-state index in [4.69, 9.17) is 0 Å². The summed E-state index contributed by atoms with van der Waals surface area (Å²) in [5.41, 5.74) is 0. The summed E-state index contributed by atoms with van der Waals surface area (Å²) >= 11 is 0. The molecular weight excluding hydrogens is 250 g/mol. The van der Waals surface area contributed by atoms with Crippen molar-refractivity contribution >= 4 is 5.96 Å². The molecule has 1 aromatic heterocycles. The average molecular weight is 275 g/mol. The van der Waals surface area contributed by atoms with E-state index in [9.17, 15) is 0 Å². The Morgan fingerprint density at radius 2 is 2.05 bits per heavy atom. The van der Waals surface area contributed by atoms with E-state index in [0.29, 0.717) is 0 Å². The molecule has 0 aromatic carbocycles. The second-order valence-corrected chi connectivity index (χ2v) is 5.98. The Morgan fingerprint density at radius 3 is 2.65 bits per heavy atom. The number of guanidine groups is 1. The summed E-state index contributed by atoms with van der Waals surface area (Å²) in [6.45, 7) is 4.21. The number of nitrogens with zero attached hydrogens (tertiary/aromatic N) is 4. The van der Waals surface area contributed by atoms with Crippen LogP contribution in [0, 0.1) is 11.8 Å². The molecule has 0 bridgehead atoms. The lowest BCUT2D eigenvalue weighted by Gasteiger charge is -2.22. The van der Waals surface area contributed by atoms with E-state index in [1.807, 2.05) is 25.8 Å². The molecule has 0 radical (unpaired) electrons. The predicted octanol–water partition coefficient (Wildman–Crippen LogP) is 1.58. The summed E-state index contributed by atoms with van der Waals surface area (Å²) in [5.74, 6) is 2.87. The molecule has 2 fully saturated rings. The van der Waals surface area contributed by atoms with E-state index >= 15 is 0 Å². The van der Waals surface area contributed by atoms with Crippen molar-refractivity contribution in [3.8, 4) is 0 Å². The molecule has 1 N–H and O–H groups in total. The van der Waals surface area contributed by atoms with E-state index < -0.39 is 0 Å². The monoisotopic (exact) mass is 275 g/mol. The molecule has 2 aliphatic rings. The van der Waals surface area contributed by atoms with Gasteiger partial charge >= 0.3 is 0 Å². The molecule has 1 aliphatic carbocycles. The molecule has 3 rings (SSSR count). The summed E-state index contributed by atoms with van der Waals surface area (Å²) in [5, 5.41) is 3.49. The minimum absolute atomic E-state index is 0.898. The summed E-state index contributed by atoms with van der Waals surface area (Å²) < 4.78 is 2.09. The highest BCUT2D eigenvalue weighted by molar-refractivity contribution is 5.80. The molecule has 5 nitrogen and oxygen atoms in total. The van der Waals surface area contributed by atoms with Gasteiger partial charge in [0.15, 0.2) is 5.96 Å². The molecule has 1 aromatic rings. The Morgan fingerprint density at radius 1 is 1.30 bits per heavy atom. The third-order valence-electron chi connectivity index (χ3n) is 4.70. The van der Waals surface area contributed by atoms with Gasteiger partial charge in [0, 0.05) is 45.6 Å². The fourth-order valence-electron chi connectivity index (χ4n) is 3.63. The number of fused-ring (bicyclic) bond motifs is 1. The maximum atomic E-state index is 4.45. The number of aliphatic imine (C=N–C) groups is 1. The van der Waals surface area contributed by atoms with Crippen LogP contribution in [0.3, 0.4) is 0 Å². The van der Waals surface area contributed by atoms with Gasteiger partial charge in [-0.05, 0) is 24.7 Å². The number of imidazole rings is 1. The van der Waals surface area contributed by atoms with Crippen LogP contribution in [0.15, 0.2) is 23.7 Å². The quantitative estimate of drug-likeness (QED) is 0.673. The number of nitrogens with one attached hydrogen (secondary N) is 1. The van der Waals surface area contributed by atoms with Crippen molar-refractivity contribution in [3.05, 3.63) is 18.7 Å². The van der Waals surface area contributed by atoms with Gasteiger partial charge in [-0.1, -0.05) is 12.8 Å². The van der Waals surface area contributed by atoms with Gasteiger partial charge in [-0.3, -0.25) is 4.99 Å². The zero-order chi connectivity index (χ0) is 13.8. The molecule has 20 heavy (non-hydrogen) atoms. The second kappa shape index (κ2) is 6.29. The largest absolute Gasteiger partial charge is 0.354 e. The molecule has 1 aliphatic heterocycles. The normalized spacial score (nSPS) is 26.6. The minimum atomic E-state index is 0.898. The maximum absolute atomic E-state index is 4.45. The number of hydrogen-bond acceptors (Lipinski definition) is 2. The van der Waals surface area contributed by atoms with Crippen LogP contribution in [-0.4, -0.2) is 47.1 Å². The maximum Gasteiger partial charge on any atom is 0.193 e. The Labute approximate surface area is 121 Å². The summed E-state index contributed by atoms with van der Waals surface area (Å²) in [4.78, 5) is 11.0. The van der Waals surface area contributed by atoms with E-state index in [1.165, 1.54) is 38.8 Å². The van der Waals surface area contributed by atoms with Gasteiger partial charge in [-0.15, -0.1) is 0 Å². The Kier molecular flexibility index (Phi) is 4.23. The van der Waals surface area contributed by atoms with Gasteiger partial charge in [0.1, 0.15) is 0 Å². The molecule has 1 saturated carbocycles. The molecule has 110 valence electrons. The standard InChI is InChI=1S/C15H25N5/c1-16-15(18-7-9-19-8-6-17-12-19)20-10-13-4-2-3-5-14(13)11-20/h6,8,12-14H,2-5,7,9-11H2,1H3,(H,16,18). The van der Waals surface area contributed by atoms with Crippen molar-refractivity contribution in [2.24, 2.45) is 16.8 Å². The first-order valence-electron chi connectivity index (χ1n) is 7.78. The Bertz CT molecular complexity index is 425. The number of likely N-dealkylation sites (tertiary alicyclic amines) is 1. The Balaban J connectivity index is 1.49. The van der Waals surface area contributed by atoms with Gasteiger partial charge < -0.3 is 14.8 Å². The summed E-state index contributed by atoms with van der Waals surface area (Å²) in [7, 11) is 1.89. The molecular formula is C15H25N5. The SMILES string of the molecule is CN=C(NCCn1ccnc1)N1CC2CCCCC2C1. The van der Waals surface area contributed by atoms with E-state index in [2.05, 4.69) is 24.8 Å². The fourth-order valence-corrected chi connectivity index (χ4v) is 3.63. The first kappa shape index (κ1) is 13.5. The lowest BCUT2D eigenvalue weighted by Crippen LogP contribution is -2.41. The summed E-state index contributed by atoms with van der Waals surface area (Å²) in [6.07, 6.45) is 11.3. The topological polar surface area (TPSA) is 45.5 Å². The van der Waals surface area contributed by atoms with Crippen molar-refractivity contribution in [3.63, 3.8) is 0 Å². The highest BCUT2D eigenvalue weighted by Gasteiger charge is 2.35. The van der Waals surface area contributed by atoms with Crippen molar-refractivity contribution in [1.29, 1.82) is 0 Å². The summed E-state index contributed by atoms with van der Waals surface area (Å²) in [6, 6.07) is 0. The van der Waals surface area contributed by atoms with E-state index in [0.717, 1.165) is 30.9 Å². The highest BCUT2D eigenvalue weighted by atomic mass is 15.3. The van der Waals surface area contributed by atoms with Gasteiger partial charge in [0.2, 0.25) is 0 Å². The molecule has 5 heteroatoms. The lowest BCUT2D eigenvalue weighted by molar-refractivity contribution is 0.299. The number of hydrogen-bond donors (Lipinski definition) is 1. The van der Waals surface area contributed by atoms with E-state index in [1.54, 1.807) is 0 Å². The fraction of sp³-hybridized carbons (Fsp3) is 0.733. The zero-order valence-electron chi connectivity index (χ0n) is 12.3. The zero-order valence-corrected chi connectivity index (χ0v) is 12.3.